The maximum absolute atomic E-state index is 13.2. The highest BCUT2D eigenvalue weighted by Gasteiger charge is 2.67. The van der Waals surface area contributed by atoms with Crippen molar-refractivity contribution >= 4 is 17.6 Å². The van der Waals surface area contributed by atoms with Gasteiger partial charge in [0.15, 0.2) is 0 Å². The standard InChI is InChI=1S/C28H49N3O5/c1-9-26(6)14-21(36-22(33)15-30-25(34)23(29)19(5)32)27(7)16(2)10-12-28(18(4)17(26)3)13-11-20(24(27)28)31-35-8/h16-19,21,23-24,32H,9-15,29H2,1-8H3,(H,30,34)/b31-20+/t16-,17?,18+,19-,21-,23+,24+,26-,27+,28+/m1/s1. The average molecular weight is 508 g/mol. The summed E-state index contributed by atoms with van der Waals surface area (Å²) >= 11 is 0. The largest absolute Gasteiger partial charge is 0.460 e. The minimum absolute atomic E-state index is 0.000270. The highest BCUT2D eigenvalue weighted by atomic mass is 16.6. The zero-order valence-electron chi connectivity index (χ0n) is 23.6. The Labute approximate surface area is 217 Å². The molecule has 0 aromatic carbocycles. The van der Waals surface area contributed by atoms with Crippen LogP contribution in [0.25, 0.3) is 0 Å². The Morgan fingerprint density at radius 2 is 1.89 bits per heavy atom. The van der Waals surface area contributed by atoms with Crippen LogP contribution in [0, 0.1) is 39.9 Å². The molecule has 2 bridgehead atoms. The van der Waals surface area contributed by atoms with E-state index in [1.54, 1.807) is 7.11 Å². The number of rotatable bonds is 7. The van der Waals surface area contributed by atoms with Crippen LogP contribution in [-0.2, 0) is 19.2 Å². The van der Waals surface area contributed by atoms with E-state index in [-0.39, 0.29) is 34.8 Å². The number of aliphatic hydroxyl groups is 1. The summed E-state index contributed by atoms with van der Waals surface area (Å²) < 4.78 is 6.34. The van der Waals surface area contributed by atoms with Crippen LogP contribution in [0.3, 0.4) is 0 Å². The Morgan fingerprint density at radius 3 is 2.47 bits per heavy atom. The predicted molar refractivity (Wildman–Crippen MR) is 140 cm³/mol. The van der Waals surface area contributed by atoms with Crippen molar-refractivity contribution in [2.75, 3.05) is 13.7 Å². The molecule has 0 aromatic heterocycles. The van der Waals surface area contributed by atoms with E-state index < -0.39 is 24.0 Å². The van der Waals surface area contributed by atoms with Gasteiger partial charge < -0.3 is 25.7 Å². The first-order chi connectivity index (χ1) is 16.8. The molecule has 0 radical (unpaired) electrons. The number of ether oxygens (including phenoxy) is 1. The van der Waals surface area contributed by atoms with Gasteiger partial charge in [-0.15, -0.1) is 0 Å². The second-order valence-electron chi connectivity index (χ2n) is 12.5. The molecule has 0 heterocycles. The topological polar surface area (TPSA) is 123 Å². The third-order valence-electron chi connectivity index (χ3n) is 11.1. The number of carbonyl (C=O) groups excluding carboxylic acids is 2. The molecule has 3 saturated carbocycles. The fourth-order valence-electron chi connectivity index (χ4n) is 8.01. The fourth-order valence-corrected chi connectivity index (χ4v) is 8.01. The Balaban J connectivity index is 2.01. The lowest BCUT2D eigenvalue weighted by molar-refractivity contribution is -0.192. The second-order valence-corrected chi connectivity index (χ2v) is 12.5. The van der Waals surface area contributed by atoms with Gasteiger partial charge in [-0.1, -0.05) is 53.1 Å². The summed E-state index contributed by atoms with van der Waals surface area (Å²) in [5.41, 5.74) is 6.60. The van der Waals surface area contributed by atoms with Crippen molar-refractivity contribution in [3.8, 4) is 0 Å². The highest BCUT2D eigenvalue weighted by molar-refractivity contribution is 5.90. The summed E-state index contributed by atoms with van der Waals surface area (Å²) in [4.78, 5) is 30.7. The fraction of sp³-hybridized carbons (Fsp3) is 0.893. The number of amides is 1. The molecule has 0 aliphatic heterocycles. The van der Waals surface area contributed by atoms with Gasteiger partial charge in [0.2, 0.25) is 5.91 Å². The molecule has 8 nitrogen and oxygen atoms in total. The van der Waals surface area contributed by atoms with Gasteiger partial charge in [0.1, 0.15) is 25.8 Å². The van der Waals surface area contributed by atoms with Crippen molar-refractivity contribution in [2.45, 2.75) is 105 Å². The summed E-state index contributed by atoms with van der Waals surface area (Å²) in [5, 5.41) is 16.7. The summed E-state index contributed by atoms with van der Waals surface area (Å²) in [6, 6.07) is -1.09. The normalized spacial score (nSPS) is 43.1. The molecule has 3 aliphatic rings. The van der Waals surface area contributed by atoms with Gasteiger partial charge in [0, 0.05) is 11.3 Å². The van der Waals surface area contributed by atoms with Crippen molar-refractivity contribution < 1.29 is 24.3 Å². The summed E-state index contributed by atoms with van der Waals surface area (Å²) in [7, 11) is 1.61. The van der Waals surface area contributed by atoms with Crippen molar-refractivity contribution in [1.82, 2.24) is 5.32 Å². The van der Waals surface area contributed by atoms with E-state index in [2.05, 4.69) is 52.0 Å². The number of nitrogens with zero attached hydrogens (tertiary/aromatic N) is 1. The Bertz CT molecular complexity index is 862. The number of hydrogen-bond acceptors (Lipinski definition) is 7. The van der Waals surface area contributed by atoms with Gasteiger partial charge in [0.05, 0.1) is 11.8 Å². The number of esters is 1. The molecule has 206 valence electrons. The molecule has 10 atom stereocenters. The molecule has 0 saturated heterocycles. The average Bonchev–Trinajstić information content (AvgIpc) is 3.22. The molecule has 0 aromatic rings. The molecular formula is C28H49N3O5. The number of nitrogens with two attached hydrogens (primary N) is 1. The van der Waals surface area contributed by atoms with E-state index in [9.17, 15) is 14.7 Å². The Hall–Kier alpha value is -1.67. The van der Waals surface area contributed by atoms with Crippen LogP contribution in [-0.4, -0.2) is 54.6 Å². The Morgan fingerprint density at radius 1 is 1.22 bits per heavy atom. The lowest BCUT2D eigenvalue weighted by atomic mass is 9.42. The van der Waals surface area contributed by atoms with E-state index in [1.165, 1.54) is 6.92 Å². The van der Waals surface area contributed by atoms with Crippen LogP contribution in [0.2, 0.25) is 0 Å². The van der Waals surface area contributed by atoms with Gasteiger partial charge in [-0.25, -0.2) is 0 Å². The summed E-state index contributed by atoms with van der Waals surface area (Å²) in [6.45, 7) is 15.2. The van der Waals surface area contributed by atoms with Crippen LogP contribution in [0.15, 0.2) is 5.16 Å². The van der Waals surface area contributed by atoms with Crippen molar-refractivity contribution in [2.24, 2.45) is 50.8 Å². The highest BCUT2D eigenvalue weighted by Crippen LogP contribution is 2.69. The zero-order valence-corrected chi connectivity index (χ0v) is 23.6. The molecule has 1 unspecified atom stereocenters. The quantitative estimate of drug-likeness (QED) is 0.357. The number of nitrogens with one attached hydrogen (secondary N) is 1. The zero-order chi connectivity index (χ0) is 27.1. The van der Waals surface area contributed by atoms with Gasteiger partial charge >= 0.3 is 5.97 Å². The van der Waals surface area contributed by atoms with Crippen LogP contribution in [0.4, 0.5) is 0 Å². The molecule has 4 N–H and O–H groups in total. The number of carbonyl (C=O) groups is 2. The number of hydrogen-bond donors (Lipinski definition) is 3. The van der Waals surface area contributed by atoms with Gasteiger partial charge in [-0.3, -0.25) is 9.59 Å². The van der Waals surface area contributed by atoms with Crippen molar-refractivity contribution in [3.05, 3.63) is 0 Å². The van der Waals surface area contributed by atoms with E-state index in [0.29, 0.717) is 17.8 Å². The molecular weight excluding hydrogens is 458 g/mol. The SMILES string of the molecule is CC[C@]1(C)C[C@@H](OC(=O)CNC(=O)[C@@H](N)[C@@H](C)O)[C@]2(C)[C@H](C)CC[C@]3(CC/C(=N\OC)[C@H]32)[C@@H](C)C1C. The van der Waals surface area contributed by atoms with Crippen molar-refractivity contribution in [1.29, 1.82) is 0 Å². The van der Waals surface area contributed by atoms with Gasteiger partial charge in [-0.2, -0.15) is 0 Å². The molecule has 3 aliphatic carbocycles. The van der Waals surface area contributed by atoms with Crippen LogP contribution in [0.5, 0.6) is 0 Å². The first-order valence-electron chi connectivity index (χ1n) is 13.8. The van der Waals surface area contributed by atoms with Gasteiger partial charge in [-0.05, 0) is 67.6 Å². The lowest BCUT2D eigenvalue weighted by Crippen LogP contribution is -2.62. The maximum Gasteiger partial charge on any atom is 0.325 e. The van der Waals surface area contributed by atoms with Crippen molar-refractivity contribution in [3.63, 3.8) is 0 Å². The summed E-state index contributed by atoms with van der Waals surface area (Å²) in [6.07, 6.45) is 4.66. The monoisotopic (exact) mass is 507 g/mol. The van der Waals surface area contributed by atoms with Crippen LogP contribution >= 0.6 is 0 Å². The third-order valence-corrected chi connectivity index (χ3v) is 11.1. The minimum atomic E-state index is -1.09. The third kappa shape index (κ3) is 4.68. The van der Waals surface area contributed by atoms with Crippen LogP contribution < -0.4 is 11.1 Å². The molecule has 36 heavy (non-hydrogen) atoms. The molecule has 8 heteroatoms. The summed E-state index contributed by atoms with van der Waals surface area (Å²) in [5.74, 6) is 0.398. The first kappa shape index (κ1) is 28.9. The van der Waals surface area contributed by atoms with Gasteiger partial charge in [0.25, 0.3) is 0 Å². The molecule has 0 spiro atoms. The maximum atomic E-state index is 13.2. The van der Waals surface area contributed by atoms with E-state index >= 15 is 0 Å². The predicted octanol–water partition coefficient (Wildman–Crippen LogP) is 3.65. The minimum Gasteiger partial charge on any atom is -0.460 e. The second kappa shape index (κ2) is 10.6. The first-order valence-corrected chi connectivity index (χ1v) is 13.8. The van der Waals surface area contributed by atoms with E-state index in [1.807, 2.05) is 0 Å². The van der Waals surface area contributed by atoms with Crippen LogP contribution in [0.1, 0.15) is 87.0 Å². The lowest BCUT2D eigenvalue weighted by Gasteiger charge is -2.63. The van der Waals surface area contributed by atoms with E-state index in [4.69, 9.17) is 15.3 Å². The molecule has 3 rings (SSSR count). The molecule has 3 fully saturated rings. The number of aliphatic hydroxyl groups excluding tert-OH is 1. The van der Waals surface area contributed by atoms with E-state index in [0.717, 1.165) is 44.2 Å². The smallest absolute Gasteiger partial charge is 0.325 e. The number of oxime groups is 1. The molecule has 1 amide bonds. The Kier molecular flexibility index (Phi) is 8.51.